The van der Waals surface area contributed by atoms with E-state index in [1.54, 1.807) is 32.0 Å². The van der Waals surface area contributed by atoms with Crippen molar-refractivity contribution >= 4 is 11.8 Å². The highest BCUT2D eigenvalue weighted by molar-refractivity contribution is 5.87. The molecule has 0 aliphatic heterocycles. The number of rotatable bonds is 9. The number of ether oxygens (including phenoxy) is 1. The fraction of sp³-hybridized carbons (Fsp3) is 0.391. The van der Waals surface area contributed by atoms with Gasteiger partial charge in [0.2, 0.25) is 5.91 Å². The van der Waals surface area contributed by atoms with E-state index in [9.17, 15) is 14.0 Å². The summed E-state index contributed by atoms with van der Waals surface area (Å²) in [4.78, 5) is 26.5. The Morgan fingerprint density at radius 3 is 2.31 bits per heavy atom. The summed E-state index contributed by atoms with van der Waals surface area (Å²) in [5.41, 5.74) is 1.52. The zero-order valence-electron chi connectivity index (χ0n) is 17.4. The van der Waals surface area contributed by atoms with E-state index in [2.05, 4.69) is 19.2 Å². The maximum Gasteiger partial charge on any atom is 0.261 e. The van der Waals surface area contributed by atoms with Gasteiger partial charge in [0.15, 0.2) is 6.61 Å². The van der Waals surface area contributed by atoms with Crippen molar-refractivity contribution in [1.29, 1.82) is 0 Å². The van der Waals surface area contributed by atoms with Gasteiger partial charge >= 0.3 is 0 Å². The molecule has 0 saturated carbocycles. The number of carbonyl (C=O) groups excluding carboxylic acids is 2. The van der Waals surface area contributed by atoms with Gasteiger partial charge in [0.05, 0.1) is 0 Å². The van der Waals surface area contributed by atoms with Crippen LogP contribution in [0.3, 0.4) is 0 Å². The standard InChI is InChI=1S/C23H29FN2O3/c1-5-25-23(28)17(4)26(14-19-8-6-7-9-21(19)24)22(27)15-29-20-12-10-18(11-13-20)16(2)3/h6-13,16-17H,5,14-15H2,1-4H3,(H,25,28). The van der Waals surface area contributed by atoms with Crippen LogP contribution in [0, 0.1) is 5.82 Å². The van der Waals surface area contributed by atoms with Crippen molar-refractivity contribution in [2.45, 2.75) is 46.2 Å². The van der Waals surface area contributed by atoms with Crippen LogP contribution in [0.5, 0.6) is 5.75 Å². The summed E-state index contributed by atoms with van der Waals surface area (Å²) in [5, 5.41) is 2.70. The van der Waals surface area contributed by atoms with Gasteiger partial charge in [-0.25, -0.2) is 4.39 Å². The predicted molar refractivity (Wildman–Crippen MR) is 111 cm³/mol. The number of amides is 2. The SMILES string of the molecule is CCNC(=O)C(C)N(Cc1ccccc1F)C(=O)COc1ccc(C(C)C)cc1. The van der Waals surface area contributed by atoms with Gasteiger partial charge in [0.1, 0.15) is 17.6 Å². The lowest BCUT2D eigenvalue weighted by Crippen LogP contribution is -2.49. The molecule has 0 saturated heterocycles. The molecule has 1 atom stereocenters. The van der Waals surface area contributed by atoms with E-state index in [1.165, 1.54) is 16.5 Å². The van der Waals surface area contributed by atoms with Gasteiger partial charge in [0.25, 0.3) is 5.91 Å². The van der Waals surface area contributed by atoms with Crippen LogP contribution in [-0.4, -0.2) is 35.9 Å². The number of halogens is 1. The zero-order valence-corrected chi connectivity index (χ0v) is 17.4. The molecule has 2 aromatic rings. The summed E-state index contributed by atoms with van der Waals surface area (Å²) in [6.45, 7) is 7.83. The Morgan fingerprint density at radius 1 is 1.07 bits per heavy atom. The van der Waals surface area contributed by atoms with Gasteiger partial charge in [-0.15, -0.1) is 0 Å². The third-order valence-electron chi connectivity index (χ3n) is 4.73. The largest absolute Gasteiger partial charge is 0.484 e. The van der Waals surface area contributed by atoms with Crippen LogP contribution >= 0.6 is 0 Å². The lowest BCUT2D eigenvalue weighted by Gasteiger charge is -2.28. The third-order valence-corrected chi connectivity index (χ3v) is 4.73. The minimum absolute atomic E-state index is 0.0144. The van der Waals surface area contributed by atoms with Gasteiger partial charge in [-0.05, 0) is 43.5 Å². The monoisotopic (exact) mass is 400 g/mol. The normalized spacial score (nSPS) is 11.8. The summed E-state index contributed by atoms with van der Waals surface area (Å²) >= 11 is 0. The second-order valence-electron chi connectivity index (χ2n) is 7.20. The molecule has 6 heteroatoms. The van der Waals surface area contributed by atoms with Crippen LogP contribution in [0.4, 0.5) is 4.39 Å². The number of carbonyl (C=O) groups is 2. The molecule has 2 aromatic carbocycles. The first kappa shape index (κ1) is 22.4. The Bertz CT molecular complexity index is 821. The summed E-state index contributed by atoms with van der Waals surface area (Å²) < 4.78 is 19.7. The van der Waals surface area contributed by atoms with Gasteiger partial charge in [0, 0.05) is 18.7 Å². The Labute approximate surface area is 171 Å². The molecule has 0 aliphatic carbocycles. The van der Waals surface area contributed by atoms with Crippen LogP contribution < -0.4 is 10.1 Å². The fourth-order valence-electron chi connectivity index (χ4n) is 2.89. The molecular formula is C23H29FN2O3. The Hall–Kier alpha value is -2.89. The lowest BCUT2D eigenvalue weighted by atomic mass is 10.0. The van der Waals surface area contributed by atoms with E-state index in [0.717, 1.165) is 0 Å². The average molecular weight is 400 g/mol. The van der Waals surface area contributed by atoms with Crippen molar-refractivity contribution in [1.82, 2.24) is 10.2 Å². The third kappa shape index (κ3) is 6.31. The number of nitrogens with zero attached hydrogens (tertiary/aromatic N) is 1. The molecule has 0 aliphatic rings. The van der Waals surface area contributed by atoms with Crippen molar-refractivity contribution < 1.29 is 18.7 Å². The van der Waals surface area contributed by atoms with Crippen molar-refractivity contribution in [3.8, 4) is 5.75 Å². The second kappa shape index (κ2) is 10.6. The Balaban J connectivity index is 2.12. The molecule has 0 bridgehead atoms. The van der Waals surface area contributed by atoms with E-state index in [4.69, 9.17) is 4.74 Å². The van der Waals surface area contributed by atoms with Crippen molar-refractivity contribution in [3.63, 3.8) is 0 Å². The highest BCUT2D eigenvalue weighted by atomic mass is 19.1. The Kier molecular flexibility index (Phi) is 8.19. The summed E-state index contributed by atoms with van der Waals surface area (Å²) in [7, 11) is 0. The van der Waals surface area contributed by atoms with Crippen LogP contribution in [0.1, 0.15) is 44.7 Å². The van der Waals surface area contributed by atoms with Gasteiger partial charge in [-0.3, -0.25) is 9.59 Å². The molecule has 29 heavy (non-hydrogen) atoms. The van der Waals surface area contributed by atoms with Crippen molar-refractivity contribution in [2.75, 3.05) is 13.2 Å². The molecule has 0 heterocycles. The van der Waals surface area contributed by atoms with Gasteiger partial charge in [-0.2, -0.15) is 0 Å². The predicted octanol–water partition coefficient (Wildman–Crippen LogP) is 3.88. The molecular weight excluding hydrogens is 371 g/mol. The van der Waals surface area contributed by atoms with E-state index in [0.29, 0.717) is 23.8 Å². The molecule has 1 unspecified atom stereocenters. The number of hydrogen-bond donors (Lipinski definition) is 1. The van der Waals surface area contributed by atoms with Crippen LogP contribution in [0.25, 0.3) is 0 Å². The molecule has 0 fully saturated rings. The maximum absolute atomic E-state index is 14.1. The number of likely N-dealkylation sites (N-methyl/N-ethyl adjacent to an activating group) is 1. The highest BCUT2D eigenvalue weighted by Crippen LogP contribution is 2.19. The minimum atomic E-state index is -0.756. The highest BCUT2D eigenvalue weighted by Gasteiger charge is 2.27. The topological polar surface area (TPSA) is 58.6 Å². The number of hydrogen-bond acceptors (Lipinski definition) is 3. The summed E-state index contributed by atoms with van der Waals surface area (Å²) in [6.07, 6.45) is 0. The summed E-state index contributed by atoms with van der Waals surface area (Å²) in [6, 6.07) is 13.0. The Morgan fingerprint density at radius 2 is 1.72 bits per heavy atom. The average Bonchev–Trinajstić information content (AvgIpc) is 2.71. The van der Waals surface area contributed by atoms with E-state index < -0.39 is 11.9 Å². The molecule has 2 amide bonds. The zero-order chi connectivity index (χ0) is 21.4. The van der Waals surface area contributed by atoms with Crippen LogP contribution in [-0.2, 0) is 16.1 Å². The first-order valence-corrected chi connectivity index (χ1v) is 9.86. The second-order valence-corrected chi connectivity index (χ2v) is 7.20. The minimum Gasteiger partial charge on any atom is -0.484 e. The number of nitrogens with one attached hydrogen (secondary N) is 1. The van der Waals surface area contributed by atoms with Crippen molar-refractivity contribution in [3.05, 3.63) is 65.5 Å². The van der Waals surface area contributed by atoms with Crippen molar-refractivity contribution in [2.24, 2.45) is 0 Å². The number of benzene rings is 2. The summed E-state index contributed by atoms with van der Waals surface area (Å²) in [5.74, 6) is -0.129. The van der Waals surface area contributed by atoms with E-state index in [-0.39, 0.29) is 25.0 Å². The van der Waals surface area contributed by atoms with E-state index >= 15 is 0 Å². The molecule has 5 nitrogen and oxygen atoms in total. The molecule has 0 radical (unpaired) electrons. The van der Waals surface area contributed by atoms with Crippen LogP contribution in [0.15, 0.2) is 48.5 Å². The van der Waals surface area contributed by atoms with Gasteiger partial charge in [-0.1, -0.05) is 44.2 Å². The molecule has 156 valence electrons. The molecule has 1 N–H and O–H groups in total. The molecule has 2 rings (SSSR count). The van der Waals surface area contributed by atoms with Gasteiger partial charge < -0.3 is 15.0 Å². The van der Waals surface area contributed by atoms with Crippen LogP contribution in [0.2, 0.25) is 0 Å². The van der Waals surface area contributed by atoms with E-state index in [1.807, 2.05) is 24.3 Å². The maximum atomic E-state index is 14.1. The molecule has 0 spiro atoms. The quantitative estimate of drug-likeness (QED) is 0.695. The first-order chi connectivity index (χ1) is 13.8. The smallest absolute Gasteiger partial charge is 0.261 e. The molecule has 0 aromatic heterocycles. The first-order valence-electron chi connectivity index (χ1n) is 9.86. The fourth-order valence-corrected chi connectivity index (χ4v) is 2.89. The lowest BCUT2D eigenvalue weighted by molar-refractivity contribution is -0.142.